The van der Waals surface area contributed by atoms with Gasteiger partial charge >= 0.3 is 0 Å². The first-order valence-corrected chi connectivity index (χ1v) is 9.93. The number of aryl methyl sites for hydroxylation is 2. The van der Waals surface area contributed by atoms with E-state index < -0.39 is 0 Å². The highest BCUT2D eigenvalue weighted by Gasteiger charge is 2.31. The van der Waals surface area contributed by atoms with Crippen LogP contribution in [0.15, 0.2) is 18.5 Å². The molecule has 1 saturated carbocycles. The van der Waals surface area contributed by atoms with Gasteiger partial charge in [-0.3, -0.25) is 14.7 Å². The van der Waals surface area contributed by atoms with Gasteiger partial charge in [0.05, 0.1) is 24.5 Å². The number of ether oxygens (including phenoxy) is 1. The van der Waals surface area contributed by atoms with Gasteiger partial charge in [-0.2, -0.15) is 0 Å². The second-order valence-corrected chi connectivity index (χ2v) is 7.75. The van der Waals surface area contributed by atoms with E-state index in [1.54, 1.807) is 19.5 Å². The van der Waals surface area contributed by atoms with Gasteiger partial charge in [-0.15, -0.1) is 0 Å². The van der Waals surface area contributed by atoms with Gasteiger partial charge in [-0.25, -0.2) is 9.97 Å². The van der Waals surface area contributed by atoms with E-state index in [0.29, 0.717) is 30.2 Å². The summed E-state index contributed by atoms with van der Waals surface area (Å²) in [6.07, 6.45) is 8.15. The van der Waals surface area contributed by atoms with Crippen molar-refractivity contribution in [1.29, 1.82) is 0 Å². The normalized spacial score (nSPS) is 22.0. The van der Waals surface area contributed by atoms with E-state index in [4.69, 9.17) is 9.72 Å². The highest BCUT2D eigenvalue weighted by atomic mass is 16.5. The van der Waals surface area contributed by atoms with Crippen LogP contribution >= 0.6 is 0 Å². The summed E-state index contributed by atoms with van der Waals surface area (Å²) >= 11 is 0. The number of methoxy groups -OCH3 is 1. The minimum absolute atomic E-state index is 0.0486. The van der Waals surface area contributed by atoms with Crippen LogP contribution in [0.25, 0.3) is 11.3 Å². The lowest BCUT2D eigenvalue weighted by Gasteiger charge is -2.34. The minimum atomic E-state index is 0.0486. The molecule has 148 valence electrons. The Bertz CT molecular complexity index is 857. The van der Waals surface area contributed by atoms with E-state index in [0.717, 1.165) is 48.2 Å². The number of anilines is 2. The Morgan fingerprint density at radius 3 is 2.71 bits per heavy atom. The molecule has 0 aromatic carbocycles. The molecule has 0 radical (unpaired) electrons. The third-order valence-electron chi connectivity index (χ3n) is 5.89. The molecule has 0 unspecified atom stereocenters. The molecule has 0 bridgehead atoms. The molecule has 1 fully saturated rings. The van der Waals surface area contributed by atoms with E-state index in [2.05, 4.69) is 15.3 Å². The second-order valence-electron chi connectivity index (χ2n) is 7.75. The summed E-state index contributed by atoms with van der Waals surface area (Å²) in [7, 11) is 1.78. The number of nitrogens with one attached hydrogen (secondary N) is 1. The Morgan fingerprint density at radius 2 is 2.00 bits per heavy atom. The van der Waals surface area contributed by atoms with E-state index in [-0.39, 0.29) is 12.5 Å². The molecule has 0 saturated heterocycles. The zero-order valence-electron chi connectivity index (χ0n) is 16.7. The minimum Gasteiger partial charge on any atom is -0.381 e. The van der Waals surface area contributed by atoms with Crippen LogP contribution < -0.4 is 10.2 Å². The van der Waals surface area contributed by atoms with Crippen LogP contribution in [0.2, 0.25) is 0 Å². The third-order valence-corrected chi connectivity index (χ3v) is 5.89. The van der Waals surface area contributed by atoms with Crippen LogP contribution in [0.3, 0.4) is 0 Å². The number of aromatic nitrogens is 3. The molecule has 2 aliphatic rings. The Labute approximate surface area is 165 Å². The summed E-state index contributed by atoms with van der Waals surface area (Å²) in [5, 5.41) is 3.10. The van der Waals surface area contributed by atoms with Crippen molar-refractivity contribution in [1.82, 2.24) is 15.0 Å². The van der Waals surface area contributed by atoms with Crippen molar-refractivity contribution in [3.63, 3.8) is 0 Å². The summed E-state index contributed by atoms with van der Waals surface area (Å²) < 4.78 is 5.48. The Kier molecular flexibility index (Phi) is 5.26. The van der Waals surface area contributed by atoms with Crippen molar-refractivity contribution < 1.29 is 9.53 Å². The number of hydrogen-bond donors (Lipinski definition) is 1. The lowest BCUT2D eigenvalue weighted by molar-refractivity contribution is -0.117. The number of pyridine rings is 1. The lowest BCUT2D eigenvalue weighted by atomic mass is 9.87. The first-order chi connectivity index (χ1) is 13.6. The molecule has 0 atom stereocenters. The van der Waals surface area contributed by atoms with E-state index in [1.807, 2.05) is 24.8 Å². The van der Waals surface area contributed by atoms with Crippen molar-refractivity contribution >= 4 is 17.5 Å². The van der Waals surface area contributed by atoms with E-state index in [9.17, 15) is 4.79 Å². The van der Waals surface area contributed by atoms with Gasteiger partial charge in [0.1, 0.15) is 0 Å². The molecule has 28 heavy (non-hydrogen) atoms. The van der Waals surface area contributed by atoms with Crippen LogP contribution in [0.4, 0.5) is 11.6 Å². The van der Waals surface area contributed by atoms with Gasteiger partial charge < -0.3 is 10.1 Å². The molecule has 2 aromatic rings. The molecular formula is C21H27N5O2. The number of carbonyl (C=O) groups excluding carboxylic acids is 1. The van der Waals surface area contributed by atoms with E-state index >= 15 is 0 Å². The Balaban J connectivity index is 1.63. The van der Waals surface area contributed by atoms with Crippen LogP contribution in [0.5, 0.6) is 0 Å². The zero-order valence-corrected chi connectivity index (χ0v) is 16.7. The molecule has 1 amide bonds. The predicted molar refractivity (Wildman–Crippen MR) is 108 cm³/mol. The molecule has 7 heteroatoms. The van der Waals surface area contributed by atoms with Crippen molar-refractivity contribution in [2.75, 3.05) is 30.4 Å². The fourth-order valence-corrected chi connectivity index (χ4v) is 4.26. The number of nitrogens with zero attached hydrogens (tertiary/aromatic N) is 4. The maximum Gasteiger partial charge on any atom is 0.247 e. The molecule has 2 aromatic heterocycles. The van der Waals surface area contributed by atoms with Crippen LogP contribution in [0, 0.1) is 19.8 Å². The second kappa shape index (κ2) is 7.83. The molecule has 7 nitrogen and oxygen atoms in total. The van der Waals surface area contributed by atoms with E-state index in [1.165, 1.54) is 0 Å². The van der Waals surface area contributed by atoms with Crippen molar-refractivity contribution in [3.8, 4) is 11.3 Å². The number of fused-ring (bicyclic) bond motifs is 1. The molecule has 3 heterocycles. The van der Waals surface area contributed by atoms with Crippen LogP contribution in [-0.2, 0) is 9.53 Å². The number of amides is 1. The Morgan fingerprint density at radius 1 is 1.21 bits per heavy atom. The fraction of sp³-hybridized carbons (Fsp3) is 0.524. The van der Waals surface area contributed by atoms with Gasteiger partial charge in [-0.05, 0) is 57.1 Å². The topological polar surface area (TPSA) is 80.2 Å². The average molecular weight is 381 g/mol. The first kappa shape index (κ1) is 18.8. The van der Waals surface area contributed by atoms with Gasteiger partial charge in [0.25, 0.3) is 0 Å². The summed E-state index contributed by atoms with van der Waals surface area (Å²) in [5.74, 6) is 1.82. The lowest BCUT2D eigenvalue weighted by Crippen LogP contribution is -2.44. The summed E-state index contributed by atoms with van der Waals surface area (Å²) in [6.45, 7) is 4.96. The maximum absolute atomic E-state index is 12.7. The van der Waals surface area contributed by atoms with Crippen molar-refractivity contribution in [2.45, 2.75) is 45.6 Å². The van der Waals surface area contributed by atoms with Gasteiger partial charge in [0.15, 0.2) is 11.6 Å². The molecule has 1 N–H and O–H groups in total. The van der Waals surface area contributed by atoms with Crippen molar-refractivity contribution in [3.05, 3.63) is 29.7 Å². The molecule has 0 spiro atoms. The third kappa shape index (κ3) is 3.58. The number of carbonyl (C=O) groups is 1. The zero-order chi connectivity index (χ0) is 19.7. The van der Waals surface area contributed by atoms with Crippen LogP contribution in [0.1, 0.15) is 36.9 Å². The molecular weight excluding hydrogens is 354 g/mol. The smallest absolute Gasteiger partial charge is 0.247 e. The van der Waals surface area contributed by atoms with Crippen LogP contribution in [-0.4, -0.2) is 47.2 Å². The predicted octanol–water partition coefficient (Wildman–Crippen LogP) is 3.12. The highest BCUT2D eigenvalue weighted by molar-refractivity contribution is 6.01. The van der Waals surface area contributed by atoms with Gasteiger partial charge in [0, 0.05) is 31.1 Å². The quantitative estimate of drug-likeness (QED) is 0.876. The highest BCUT2D eigenvalue weighted by Crippen LogP contribution is 2.33. The largest absolute Gasteiger partial charge is 0.381 e. The monoisotopic (exact) mass is 381 g/mol. The van der Waals surface area contributed by atoms with Gasteiger partial charge in [0.2, 0.25) is 5.91 Å². The van der Waals surface area contributed by atoms with Gasteiger partial charge in [-0.1, -0.05) is 0 Å². The number of hydrogen-bond acceptors (Lipinski definition) is 6. The molecule has 1 aliphatic carbocycles. The SMILES string of the molecule is COC1CCC(CN2C(=O)CNc3ncc(-c4c(C)ccnc4C)nc32)CC1. The van der Waals surface area contributed by atoms with Crippen molar-refractivity contribution in [2.24, 2.45) is 5.92 Å². The Hall–Kier alpha value is -2.54. The summed E-state index contributed by atoms with van der Waals surface area (Å²) in [4.78, 5) is 28.3. The molecule has 1 aliphatic heterocycles. The average Bonchev–Trinajstić information content (AvgIpc) is 2.70. The maximum atomic E-state index is 12.7. The fourth-order valence-electron chi connectivity index (χ4n) is 4.26. The first-order valence-electron chi connectivity index (χ1n) is 9.93. The molecule has 4 rings (SSSR count). The summed E-state index contributed by atoms with van der Waals surface area (Å²) in [5.41, 5.74) is 3.75. The standard InChI is InChI=1S/C21H27N5O2/c1-13-8-9-22-14(2)19(13)17-10-23-20-21(25-17)26(18(27)11-24-20)12-15-4-6-16(28-3)7-5-15/h8-10,15-16H,4-7,11-12H2,1-3H3,(H,23,24). The number of rotatable bonds is 4. The summed E-state index contributed by atoms with van der Waals surface area (Å²) in [6, 6.07) is 1.97.